The number of para-hydroxylation sites is 1. The van der Waals surface area contributed by atoms with Crippen molar-refractivity contribution < 1.29 is 53.1 Å². The molecule has 29 heteroatoms. The van der Waals surface area contributed by atoms with Crippen LogP contribution >= 0.6 is 25.3 Å². The van der Waals surface area contributed by atoms with E-state index >= 15 is 0 Å². The summed E-state index contributed by atoms with van der Waals surface area (Å²) in [7, 11) is 0. The highest BCUT2D eigenvalue weighted by Crippen LogP contribution is 2.20. The average molecular weight is 1140 g/mol. The zero-order valence-corrected chi connectivity index (χ0v) is 45.2. The van der Waals surface area contributed by atoms with Crippen molar-refractivity contribution >= 4 is 101 Å². The molecule has 79 heavy (non-hydrogen) atoms. The molecule has 4 rings (SSSR count). The fourth-order valence-electron chi connectivity index (χ4n) is 8.07. The molecule has 0 saturated heterocycles. The standard InChI is InChI=1S/C50H70N16O11S2/c1-27(67)59-33(13-7-17-51)43(71)66-40(25-79)49(77)61-35(15-16-41(68)69)45(73)64-38(21-30-23-55-26-58-30)48(76)62-36(19-28-9-3-2-4-10-28)46(74)60-34(14-8-18-56-50(53)54)44(72)63-37(47(75)65-39(24-78)42(52)70)20-29-22-57-32-12-6-5-11-31(29)32/h2-6,9-12,22-23,26,33-40,57,78-79H,7-8,13-21,24-25,51H2,1H3,(H2,52,70)(H,55,58)(H,59,67)(H,60,74)(H,61,77)(H,62,76)(H,63,72)(H,64,73)(H,65,75)(H,66,71)(H,68,69)(H4,53,54,56)/t33-,34-,35-,36+,37-,38-,39-,40-/m0/s1. The summed E-state index contributed by atoms with van der Waals surface area (Å²) in [6.07, 6.45) is 3.22. The molecular formula is C50H70N16O11S2. The van der Waals surface area contributed by atoms with Crippen LogP contribution in [0, 0.1) is 0 Å². The number of thiol groups is 2. The lowest BCUT2D eigenvalue weighted by atomic mass is 10.0. The van der Waals surface area contributed by atoms with Gasteiger partial charge in [0.05, 0.1) is 6.33 Å². The number of carboxylic acids is 1. The molecule has 19 N–H and O–H groups in total. The second kappa shape index (κ2) is 32.5. The minimum atomic E-state index is -1.62. The molecule has 0 radical (unpaired) electrons. The topological polar surface area (TPSA) is 448 Å². The van der Waals surface area contributed by atoms with Crippen molar-refractivity contribution in [3.8, 4) is 0 Å². The summed E-state index contributed by atoms with van der Waals surface area (Å²) in [5, 5.41) is 31.0. The summed E-state index contributed by atoms with van der Waals surface area (Å²) >= 11 is 8.34. The van der Waals surface area contributed by atoms with Crippen molar-refractivity contribution in [1.29, 1.82) is 0 Å². The molecule has 0 aliphatic carbocycles. The summed E-state index contributed by atoms with van der Waals surface area (Å²) in [6.45, 7) is 1.44. The molecule has 0 fully saturated rings. The number of hydrogen-bond donors (Lipinski definition) is 17. The molecule has 0 bridgehead atoms. The first kappa shape index (κ1) is 63.4. The fourth-order valence-corrected chi connectivity index (χ4v) is 8.59. The molecule has 9 amide bonds. The van der Waals surface area contributed by atoms with Crippen LogP contribution in [-0.4, -0.2) is 158 Å². The lowest BCUT2D eigenvalue weighted by Crippen LogP contribution is -2.61. The number of imidazole rings is 1. The molecule has 0 saturated carbocycles. The smallest absolute Gasteiger partial charge is 0.303 e. The maximum absolute atomic E-state index is 14.7. The van der Waals surface area contributed by atoms with E-state index in [0.29, 0.717) is 23.2 Å². The molecule has 8 atom stereocenters. The molecular weight excluding hydrogens is 1060 g/mol. The lowest BCUT2D eigenvalue weighted by Gasteiger charge is -2.28. The minimum Gasteiger partial charge on any atom is -0.481 e. The molecule has 428 valence electrons. The van der Waals surface area contributed by atoms with Crippen molar-refractivity contribution in [2.45, 2.75) is 113 Å². The fraction of sp³-hybridized carbons (Fsp3) is 0.440. The number of amides is 9. The van der Waals surface area contributed by atoms with E-state index in [1.54, 1.807) is 42.6 Å². The number of nitrogens with zero attached hydrogens (tertiary/aromatic N) is 2. The number of nitrogens with one attached hydrogen (secondary N) is 10. The van der Waals surface area contributed by atoms with Crippen LogP contribution in [0.25, 0.3) is 10.9 Å². The minimum absolute atomic E-state index is 0.0226. The van der Waals surface area contributed by atoms with Crippen molar-refractivity contribution in [3.05, 3.63) is 90.1 Å². The first-order valence-corrected chi connectivity index (χ1v) is 26.4. The van der Waals surface area contributed by atoms with E-state index in [4.69, 9.17) is 22.9 Å². The third-order valence-corrected chi connectivity index (χ3v) is 12.9. The van der Waals surface area contributed by atoms with Gasteiger partial charge in [-0.2, -0.15) is 25.3 Å². The number of benzene rings is 2. The molecule has 0 aliphatic heterocycles. The quantitative estimate of drug-likeness (QED) is 0.00949. The van der Waals surface area contributed by atoms with Crippen LogP contribution < -0.4 is 65.5 Å². The third kappa shape index (κ3) is 21.3. The highest BCUT2D eigenvalue weighted by Gasteiger charge is 2.35. The van der Waals surface area contributed by atoms with Gasteiger partial charge < -0.3 is 80.5 Å². The van der Waals surface area contributed by atoms with Gasteiger partial charge in [-0.1, -0.05) is 48.5 Å². The maximum atomic E-state index is 14.7. The van der Waals surface area contributed by atoms with Gasteiger partial charge in [0.2, 0.25) is 53.2 Å². The molecule has 27 nitrogen and oxygen atoms in total. The number of fused-ring (bicyclic) bond motifs is 1. The summed E-state index contributed by atoms with van der Waals surface area (Å²) in [4.78, 5) is 149. The monoisotopic (exact) mass is 1130 g/mol. The Labute approximate surface area is 465 Å². The number of aliphatic imine (C=N–C) groups is 1. The number of carboxylic acid groups (broad SMARTS) is 1. The van der Waals surface area contributed by atoms with Gasteiger partial charge in [0.25, 0.3) is 0 Å². The molecule has 0 unspecified atom stereocenters. The summed E-state index contributed by atoms with van der Waals surface area (Å²) < 4.78 is 0. The van der Waals surface area contributed by atoms with Crippen LogP contribution in [0.4, 0.5) is 0 Å². The van der Waals surface area contributed by atoms with E-state index in [2.05, 4.69) is 87.7 Å². The molecule has 0 aliphatic rings. The number of rotatable bonds is 34. The van der Waals surface area contributed by atoms with Crippen LogP contribution in [0.1, 0.15) is 62.3 Å². The Hall–Kier alpha value is -8.18. The third-order valence-electron chi connectivity index (χ3n) is 12.2. The van der Waals surface area contributed by atoms with Crippen molar-refractivity contribution in [2.24, 2.45) is 27.9 Å². The number of hydrogen-bond acceptors (Lipinski definition) is 15. The number of carbonyl (C=O) groups excluding carboxylic acids is 9. The number of aromatic nitrogens is 3. The first-order valence-electron chi connectivity index (χ1n) is 25.2. The van der Waals surface area contributed by atoms with E-state index in [9.17, 15) is 53.1 Å². The highest BCUT2D eigenvalue weighted by molar-refractivity contribution is 7.80. The predicted molar refractivity (Wildman–Crippen MR) is 298 cm³/mol. The lowest BCUT2D eigenvalue weighted by molar-refractivity contribution is -0.138. The van der Waals surface area contributed by atoms with Gasteiger partial charge in [-0.25, -0.2) is 4.98 Å². The van der Waals surface area contributed by atoms with Gasteiger partial charge in [-0.05, 0) is 55.8 Å². The molecule has 2 aromatic carbocycles. The first-order chi connectivity index (χ1) is 37.7. The molecule has 0 spiro atoms. The maximum Gasteiger partial charge on any atom is 0.303 e. The Morgan fingerprint density at radius 3 is 1.63 bits per heavy atom. The second-order valence-electron chi connectivity index (χ2n) is 18.3. The number of nitrogens with two attached hydrogens (primary N) is 4. The van der Waals surface area contributed by atoms with E-state index in [1.165, 1.54) is 19.4 Å². The summed E-state index contributed by atoms with van der Waals surface area (Å²) in [5.41, 5.74) is 24.5. The Kier molecular flexibility index (Phi) is 26.1. The zero-order valence-electron chi connectivity index (χ0n) is 43.4. The van der Waals surface area contributed by atoms with Gasteiger partial charge in [0.15, 0.2) is 5.96 Å². The van der Waals surface area contributed by atoms with Gasteiger partial charge in [0.1, 0.15) is 48.3 Å². The zero-order chi connectivity index (χ0) is 58.0. The molecule has 4 aromatic rings. The Morgan fingerprint density at radius 1 is 0.595 bits per heavy atom. The normalized spacial score (nSPS) is 14.0. The SMILES string of the molecule is CC(=O)N[C@@H](CCCN)C(=O)N[C@@H](CS)C(=O)N[C@@H](CCC(=O)O)C(=O)N[C@@H](Cc1cnc[nH]1)C(=O)N[C@H](Cc1ccccc1)C(=O)N[C@@H](CCCN=C(N)N)C(=O)N[C@@H](Cc1c[nH]c2ccccc12)C(=O)N[C@@H](CS)C(N)=O. The average Bonchev–Trinajstić information content (AvgIpc) is 4.14. The van der Waals surface area contributed by atoms with Crippen molar-refractivity contribution in [1.82, 2.24) is 57.5 Å². The number of carbonyl (C=O) groups is 10. The van der Waals surface area contributed by atoms with Crippen molar-refractivity contribution in [2.75, 3.05) is 24.6 Å². The number of primary amides is 1. The number of aromatic amines is 2. The van der Waals surface area contributed by atoms with E-state index in [0.717, 1.165) is 10.9 Å². The van der Waals surface area contributed by atoms with Crippen LogP contribution in [0.5, 0.6) is 0 Å². The van der Waals surface area contributed by atoms with Gasteiger partial charge >= 0.3 is 5.97 Å². The van der Waals surface area contributed by atoms with E-state index in [1.807, 2.05) is 18.2 Å². The Bertz CT molecular complexity index is 2740. The van der Waals surface area contributed by atoms with Crippen LogP contribution in [0.15, 0.2) is 78.3 Å². The summed E-state index contributed by atoms with van der Waals surface area (Å²) in [6, 6.07) is 4.65. The van der Waals surface area contributed by atoms with Crippen LogP contribution in [0.2, 0.25) is 0 Å². The molecule has 2 aromatic heterocycles. The number of H-pyrrole nitrogens is 2. The van der Waals surface area contributed by atoms with E-state index in [-0.39, 0.29) is 69.1 Å². The van der Waals surface area contributed by atoms with Crippen molar-refractivity contribution in [3.63, 3.8) is 0 Å². The largest absolute Gasteiger partial charge is 0.481 e. The Morgan fingerprint density at radius 2 is 1.09 bits per heavy atom. The van der Waals surface area contributed by atoms with Gasteiger partial charge in [-0.15, -0.1) is 0 Å². The molecule has 2 heterocycles. The van der Waals surface area contributed by atoms with Gasteiger partial charge in [0, 0.05) is 79.6 Å². The number of aliphatic carboxylic acids is 1. The van der Waals surface area contributed by atoms with Crippen LogP contribution in [-0.2, 0) is 67.2 Å². The summed E-state index contributed by atoms with van der Waals surface area (Å²) in [5.74, 6) is -9.58. The van der Waals surface area contributed by atoms with Gasteiger partial charge in [-0.3, -0.25) is 52.9 Å². The van der Waals surface area contributed by atoms with Crippen LogP contribution in [0.3, 0.4) is 0 Å². The van der Waals surface area contributed by atoms with E-state index < -0.39 is 120 Å². The predicted octanol–water partition coefficient (Wildman–Crippen LogP) is -3.18. The number of guanidine groups is 1. The Balaban J connectivity index is 1.66. The highest BCUT2D eigenvalue weighted by atomic mass is 32.1. The second-order valence-corrected chi connectivity index (χ2v) is 19.0.